The zero-order valence-electron chi connectivity index (χ0n) is 13.9. The summed E-state index contributed by atoms with van der Waals surface area (Å²) in [5.41, 5.74) is 2.93. The van der Waals surface area contributed by atoms with Gasteiger partial charge < -0.3 is 4.74 Å². The minimum atomic E-state index is -0.327. The third kappa shape index (κ3) is 3.50. The van der Waals surface area contributed by atoms with Gasteiger partial charge in [0.1, 0.15) is 11.6 Å². The number of hydrogen-bond acceptors (Lipinski definition) is 3. The summed E-state index contributed by atoms with van der Waals surface area (Å²) in [5, 5.41) is 6.57. The Morgan fingerprint density at radius 2 is 1.92 bits per heavy atom. The lowest BCUT2D eigenvalue weighted by Gasteiger charge is -2.12. The smallest absolute Gasteiger partial charge is 0.272 e. The van der Waals surface area contributed by atoms with Gasteiger partial charge in [-0.1, -0.05) is 36.4 Å². The summed E-state index contributed by atoms with van der Waals surface area (Å²) in [7, 11) is 1.58. The van der Waals surface area contributed by atoms with Crippen molar-refractivity contribution in [2.75, 3.05) is 7.11 Å². The highest BCUT2D eigenvalue weighted by Crippen LogP contribution is 2.33. The Morgan fingerprint density at radius 3 is 2.68 bits per heavy atom. The summed E-state index contributed by atoms with van der Waals surface area (Å²) in [6, 6.07) is 13.6. The van der Waals surface area contributed by atoms with Crippen molar-refractivity contribution in [3.8, 4) is 16.9 Å². The maximum Gasteiger partial charge on any atom is 0.272 e. The Labute approximate surface area is 144 Å². The number of nitrogens with zero attached hydrogens (tertiary/aromatic N) is 1. The van der Waals surface area contributed by atoms with Gasteiger partial charge in [-0.2, -0.15) is 5.10 Å². The van der Waals surface area contributed by atoms with Crippen LogP contribution in [0.5, 0.6) is 5.75 Å². The predicted molar refractivity (Wildman–Crippen MR) is 96.9 cm³/mol. The number of nitrogens with one attached hydrogen (secondary N) is 1. The third-order valence-electron chi connectivity index (χ3n) is 3.87. The zero-order chi connectivity index (χ0) is 17.8. The maximum absolute atomic E-state index is 13.4. The van der Waals surface area contributed by atoms with Crippen molar-refractivity contribution in [2.45, 2.75) is 6.92 Å². The van der Waals surface area contributed by atoms with E-state index in [2.05, 4.69) is 10.2 Å². The second-order valence-electron chi connectivity index (χ2n) is 5.52. The van der Waals surface area contributed by atoms with Crippen molar-refractivity contribution in [1.82, 2.24) is 10.2 Å². The van der Waals surface area contributed by atoms with E-state index in [-0.39, 0.29) is 11.4 Å². The number of ether oxygens (including phenoxy) is 1. The minimum absolute atomic E-state index is 0.320. The number of benzene rings is 2. The molecule has 2 aromatic carbocycles. The van der Waals surface area contributed by atoms with Crippen LogP contribution in [0.3, 0.4) is 0 Å². The van der Waals surface area contributed by atoms with Gasteiger partial charge in [0.15, 0.2) is 0 Å². The molecule has 0 bridgehead atoms. The summed E-state index contributed by atoms with van der Waals surface area (Å²) >= 11 is 0. The van der Waals surface area contributed by atoms with Crippen molar-refractivity contribution >= 4 is 12.2 Å². The molecule has 0 aliphatic heterocycles. The van der Waals surface area contributed by atoms with E-state index >= 15 is 0 Å². The fraction of sp³-hybridized carbons (Fsp3) is 0.100. The molecule has 0 radical (unpaired) electrons. The normalized spacial score (nSPS) is 11.0. The monoisotopic (exact) mass is 336 g/mol. The van der Waals surface area contributed by atoms with E-state index in [1.807, 2.05) is 31.2 Å². The van der Waals surface area contributed by atoms with Gasteiger partial charge >= 0.3 is 0 Å². The van der Waals surface area contributed by atoms with Crippen molar-refractivity contribution < 1.29 is 9.13 Å². The first-order valence-corrected chi connectivity index (χ1v) is 7.76. The number of methoxy groups -OCH3 is 1. The number of rotatable bonds is 4. The van der Waals surface area contributed by atoms with Gasteiger partial charge in [0.2, 0.25) is 0 Å². The molecular formula is C20H17FN2O2. The summed E-state index contributed by atoms with van der Waals surface area (Å²) in [5.74, 6) is 0.324. The lowest BCUT2D eigenvalue weighted by molar-refractivity contribution is 0.416. The van der Waals surface area contributed by atoms with Crippen LogP contribution in [0.25, 0.3) is 23.3 Å². The van der Waals surface area contributed by atoms with Crippen LogP contribution in [0, 0.1) is 12.7 Å². The molecule has 1 aromatic heterocycles. The first kappa shape index (κ1) is 16.6. The van der Waals surface area contributed by atoms with Gasteiger partial charge in [-0.25, -0.2) is 9.49 Å². The largest absolute Gasteiger partial charge is 0.496 e. The lowest BCUT2D eigenvalue weighted by atomic mass is 9.98. The zero-order valence-corrected chi connectivity index (χ0v) is 13.9. The molecule has 0 fully saturated rings. The molecule has 1 heterocycles. The van der Waals surface area contributed by atoms with Crippen molar-refractivity contribution in [3.05, 3.63) is 81.5 Å². The molecule has 25 heavy (non-hydrogen) atoms. The molecule has 0 aliphatic carbocycles. The molecule has 1 N–H and O–H groups in total. The number of halogens is 1. The summed E-state index contributed by atoms with van der Waals surface area (Å²) < 4.78 is 18.8. The van der Waals surface area contributed by atoms with Gasteiger partial charge in [-0.05, 0) is 36.8 Å². The van der Waals surface area contributed by atoms with E-state index in [1.54, 1.807) is 31.4 Å². The topological polar surface area (TPSA) is 55.0 Å². The van der Waals surface area contributed by atoms with Crippen LogP contribution in [0.1, 0.15) is 16.8 Å². The number of H-pyrrole nitrogens is 1. The first-order chi connectivity index (χ1) is 12.1. The summed E-state index contributed by atoms with van der Waals surface area (Å²) in [6.45, 7) is 1.82. The average molecular weight is 336 g/mol. The quantitative estimate of drug-likeness (QED) is 0.781. The minimum Gasteiger partial charge on any atom is -0.496 e. The van der Waals surface area contributed by atoms with E-state index in [9.17, 15) is 9.18 Å². The van der Waals surface area contributed by atoms with E-state index in [0.29, 0.717) is 28.1 Å². The van der Waals surface area contributed by atoms with Crippen LogP contribution in [0.4, 0.5) is 4.39 Å². The van der Waals surface area contributed by atoms with Crippen molar-refractivity contribution in [1.29, 1.82) is 0 Å². The highest BCUT2D eigenvalue weighted by atomic mass is 19.1. The summed E-state index contributed by atoms with van der Waals surface area (Å²) in [4.78, 5) is 12.4. The van der Waals surface area contributed by atoms with Gasteiger partial charge in [0, 0.05) is 11.1 Å². The molecule has 0 aliphatic rings. The lowest BCUT2D eigenvalue weighted by Crippen LogP contribution is -2.14. The van der Waals surface area contributed by atoms with Crippen LogP contribution in [0.15, 0.2) is 53.3 Å². The molecule has 0 saturated heterocycles. The van der Waals surface area contributed by atoms with E-state index < -0.39 is 0 Å². The number of aryl methyl sites for hydroxylation is 1. The summed E-state index contributed by atoms with van der Waals surface area (Å²) in [6.07, 6.45) is 3.37. The first-order valence-electron chi connectivity index (χ1n) is 7.76. The SMILES string of the molecule is COc1ccccc1-c1c(C)n[nH]c(=O)c1C=Cc1cccc(F)c1. The molecule has 3 aromatic rings. The molecule has 0 saturated carbocycles. The number of aromatic amines is 1. The average Bonchev–Trinajstić information content (AvgIpc) is 2.62. The molecular weight excluding hydrogens is 319 g/mol. The molecule has 3 rings (SSSR count). The second-order valence-corrected chi connectivity index (χ2v) is 5.52. The highest BCUT2D eigenvalue weighted by molar-refractivity contribution is 5.83. The van der Waals surface area contributed by atoms with Gasteiger partial charge in [-0.15, -0.1) is 0 Å². The molecule has 5 heteroatoms. The molecule has 4 nitrogen and oxygen atoms in total. The maximum atomic E-state index is 13.4. The number of hydrogen-bond donors (Lipinski definition) is 1. The number of aromatic nitrogens is 2. The van der Waals surface area contributed by atoms with Gasteiger partial charge in [0.25, 0.3) is 5.56 Å². The Hall–Kier alpha value is -3.21. The fourth-order valence-electron chi connectivity index (χ4n) is 2.70. The Morgan fingerprint density at radius 1 is 1.12 bits per heavy atom. The Bertz CT molecular complexity index is 993. The fourth-order valence-corrected chi connectivity index (χ4v) is 2.70. The van der Waals surface area contributed by atoms with Crippen LogP contribution >= 0.6 is 0 Å². The Balaban J connectivity index is 2.17. The van der Waals surface area contributed by atoms with Crippen LogP contribution in [-0.2, 0) is 0 Å². The van der Waals surface area contributed by atoms with Crippen molar-refractivity contribution in [3.63, 3.8) is 0 Å². The van der Waals surface area contributed by atoms with Gasteiger partial charge in [-0.3, -0.25) is 4.79 Å². The molecule has 0 spiro atoms. The van der Waals surface area contributed by atoms with Crippen molar-refractivity contribution in [2.24, 2.45) is 0 Å². The molecule has 126 valence electrons. The third-order valence-corrected chi connectivity index (χ3v) is 3.87. The van der Waals surface area contributed by atoms with E-state index in [0.717, 1.165) is 5.56 Å². The molecule has 0 unspecified atom stereocenters. The standard InChI is InChI=1S/C20H17FN2O2/c1-13-19(16-8-3-4-9-18(16)25-2)17(20(24)23-22-13)11-10-14-6-5-7-15(21)12-14/h3-12H,1-2H3,(H,23,24). The van der Waals surface area contributed by atoms with Gasteiger partial charge in [0.05, 0.1) is 18.4 Å². The molecule has 0 atom stereocenters. The predicted octanol–water partition coefficient (Wildman–Crippen LogP) is 4.06. The second kappa shape index (κ2) is 7.13. The van der Waals surface area contributed by atoms with Crippen LogP contribution in [0.2, 0.25) is 0 Å². The highest BCUT2D eigenvalue weighted by Gasteiger charge is 2.15. The van der Waals surface area contributed by atoms with E-state index in [4.69, 9.17) is 4.74 Å². The van der Waals surface area contributed by atoms with Crippen LogP contribution < -0.4 is 10.3 Å². The van der Waals surface area contributed by atoms with E-state index in [1.165, 1.54) is 12.1 Å². The number of para-hydroxylation sites is 1. The van der Waals surface area contributed by atoms with Crippen LogP contribution in [-0.4, -0.2) is 17.3 Å². The Kier molecular flexibility index (Phi) is 4.75. The molecule has 0 amide bonds.